The van der Waals surface area contributed by atoms with E-state index < -0.39 is 11.9 Å². The first-order chi connectivity index (χ1) is 7.02. The van der Waals surface area contributed by atoms with Crippen LogP contribution in [0.5, 0.6) is 5.75 Å². The van der Waals surface area contributed by atoms with Gasteiger partial charge in [0.15, 0.2) is 0 Å². The molecule has 0 amide bonds. The van der Waals surface area contributed by atoms with Gasteiger partial charge in [0.1, 0.15) is 5.75 Å². The zero-order valence-corrected chi connectivity index (χ0v) is 9.62. The summed E-state index contributed by atoms with van der Waals surface area (Å²) in [6.07, 6.45) is 0.769. The summed E-state index contributed by atoms with van der Waals surface area (Å²) >= 11 is 0. The van der Waals surface area contributed by atoms with E-state index in [1.807, 2.05) is 6.07 Å². The third-order valence-electron chi connectivity index (χ3n) is 1.11. The predicted octanol–water partition coefficient (Wildman–Crippen LogP) is -7.56. The minimum atomic E-state index is -1.55. The van der Waals surface area contributed by atoms with E-state index in [0.717, 1.165) is 0 Å². The maximum absolute atomic E-state index is 9.41. The number of carbonyl (C=O) groups is 2. The molecule has 0 saturated heterocycles. The first kappa shape index (κ1) is 21.2. The van der Waals surface area contributed by atoms with Gasteiger partial charge in [-0.25, -0.2) is 0 Å². The molecule has 0 aliphatic carbocycles. The van der Waals surface area contributed by atoms with Crippen molar-refractivity contribution >= 4 is 11.9 Å². The number of benzene rings is 1. The summed E-state index contributed by atoms with van der Waals surface area (Å²) in [4.78, 5) is 18.8. The van der Waals surface area contributed by atoms with E-state index in [-0.39, 0.29) is 37.7 Å². The van der Waals surface area contributed by atoms with Crippen LogP contribution in [0, 0.1) is 0 Å². The van der Waals surface area contributed by atoms with Crippen molar-refractivity contribution in [3.8, 4) is 5.75 Å². The van der Waals surface area contributed by atoms with E-state index in [1.54, 1.807) is 24.3 Å². The maximum atomic E-state index is 9.41. The van der Waals surface area contributed by atoms with Crippen LogP contribution in [0.2, 0.25) is 0 Å². The van der Waals surface area contributed by atoms with Gasteiger partial charge < -0.3 is 24.9 Å². The van der Waals surface area contributed by atoms with Gasteiger partial charge in [0.2, 0.25) is 0 Å². The van der Waals surface area contributed by atoms with E-state index in [9.17, 15) is 19.8 Å². The van der Waals surface area contributed by atoms with Crippen LogP contribution in [0.15, 0.2) is 42.5 Å². The van der Waals surface area contributed by atoms with E-state index in [0.29, 0.717) is 17.9 Å². The van der Waals surface area contributed by atoms with Gasteiger partial charge in [-0.05, 0) is 24.3 Å². The Balaban J connectivity index is -0.000000207. The van der Waals surface area contributed by atoms with Gasteiger partial charge in [0.05, 0.1) is 11.9 Å². The second-order valence-electron chi connectivity index (χ2n) is 2.31. The van der Waals surface area contributed by atoms with Crippen molar-refractivity contribution in [3.05, 3.63) is 42.5 Å². The van der Waals surface area contributed by atoms with Crippen LogP contribution in [0.4, 0.5) is 0 Å². The first-order valence-corrected chi connectivity index (χ1v) is 3.86. The van der Waals surface area contributed by atoms with E-state index in [4.69, 9.17) is 5.11 Å². The minimum Gasteiger partial charge on any atom is -0.545 e. The van der Waals surface area contributed by atoms with Crippen LogP contribution in [-0.4, -0.2) is 17.0 Å². The van der Waals surface area contributed by atoms with Gasteiger partial charge in [0, 0.05) is 0 Å². The second-order valence-corrected chi connectivity index (χ2v) is 2.31. The molecule has 0 aliphatic heterocycles. The topological polar surface area (TPSA) is 100 Å². The van der Waals surface area contributed by atoms with Gasteiger partial charge in [-0.1, -0.05) is 18.2 Å². The normalized spacial score (nSPS) is 8.00. The van der Waals surface area contributed by atoms with Crippen molar-refractivity contribution in [1.29, 1.82) is 0 Å². The molecule has 0 bridgehead atoms. The number of aliphatic carboxylic acids is 2. The Labute approximate surface area is 123 Å². The largest absolute Gasteiger partial charge is 1.00 e. The average molecular weight is 222 g/mol. The number of hydrogen-bond donors (Lipinski definition) is 1. The zero-order chi connectivity index (χ0) is 11.7. The molecular weight excluding hydrogens is 214 g/mol. The molecule has 1 rings (SSSR count). The fraction of sp³-hybridized carbons (Fsp3) is 0. The number of carboxylic acids is 2. The average Bonchev–Trinajstić information content (AvgIpc) is 2.17. The molecule has 0 fully saturated rings. The van der Waals surface area contributed by atoms with Crippen LogP contribution in [-0.2, 0) is 9.59 Å². The van der Waals surface area contributed by atoms with E-state index in [2.05, 4.69) is 0 Å². The fourth-order valence-corrected chi connectivity index (χ4v) is 0.564. The fourth-order valence-electron chi connectivity index (χ4n) is 0.564. The Morgan fingerprint density at radius 1 is 0.941 bits per heavy atom. The monoisotopic (exact) mass is 222 g/mol. The van der Waals surface area contributed by atoms with Crippen molar-refractivity contribution in [3.63, 3.8) is 0 Å². The number of aromatic hydroxyl groups is 1. The molecule has 0 unspecified atom stereocenters. The summed E-state index contributed by atoms with van der Waals surface area (Å²) in [6, 6.07) is 8.71. The van der Waals surface area contributed by atoms with Gasteiger partial charge in [-0.15, -0.1) is 0 Å². The van der Waals surface area contributed by atoms with Crippen LogP contribution >= 0.6 is 0 Å². The Kier molecular flexibility index (Phi) is 16.2. The molecule has 0 spiro atoms. The summed E-state index contributed by atoms with van der Waals surface area (Å²) in [6.45, 7) is 0. The third kappa shape index (κ3) is 17.5. The van der Waals surface area contributed by atoms with Crippen LogP contribution in [0.25, 0.3) is 0 Å². The van der Waals surface area contributed by atoms with Crippen LogP contribution in [0.1, 0.15) is 0 Å². The standard InChI is InChI=1S/C6H6O.C4H4O4.2Li/c7-6-4-2-1-3-5-6;5-3(6)1-2-4(7)8;;/h1-5,7H;1-2H,(H,5,6)(H,7,8);;/q;;2*+1/p-2/b;2-1-;;. The summed E-state index contributed by atoms with van der Waals surface area (Å²) < 4.78 is 0. The molecule has 17 heavy (non-hydrogen) atoms. The van der Waals surface area contributed by atoms with Crippen molar-refractivity contribution in [2.45, 2.75) is 0 Å². The Morgan fingerprint density at radius 2 is 1.29 bits per heavy atom. The van der Waals surface area contributed by atoms with Crippen molar-refractivity contribution < 1.29 is 62.6 Å². The summed E-state index contributed by atoms with van der Waals surface area (Å²) in [5.74, 6) is -2.77. The molecule has 1 aromatic rings. The molecular formula is C10H8Li2O5. The predicted molar refractivity (Wildman–Crippen MR) is 47.3 cm³/mol. The SMILES string of the molecule is O=C([O-])/C=C\C(=O)[O-].Oc1ccccc1.[Li+].[Li+]. The van der Waals surface area contributed by atoms with Crippen molar-refractivity contribution in [1.82, 2.24) is 0 Å². The van der Waals surface area contributed by atoms with Gasteiger partial charge in [-0.3, -0.25) is 0 Å². The van der Waals surface area contributed by atoms with Crippen LogP contribution < -0.4 is 47.9 Å². The number of phenols is 1. The summed E-state index contributed by atoms with van der Waals surface area (Å²) in [5, 5.41) is 27.5. The quantitative estimate of drug-likeness (QED) is 0.395. The Bertz CT molecular complexity index is 335. The molecule has 80 valence electrons. The van der Waals surface area contributed by atoms with E-state index >= 15 is 0 Å². The zero-order valence-electron chi connectivity index (χ0n) is 9.62. The molecule has 0 atom stereocenters. The number of para-hydroxylation sites is 1. The summed E-state index contributed by atoms with van der Waals surface area (Å²) in [7, 11) is 0. The molecule has 0 aliphatic rings. The maximum Gasteiger partial charge on any atom is 1.00 e. The minimum absolute atomic E-state index is 0. The van der Waals surface area contributed by atoms with Gasteiger partial charge in [0.25, 0.3) is 0 Å². The smallest absolute Gasteiger partial charge is 0.545 e. The Morgan fingerprint density at radius 3 is 1.47 bits per heavy atom. The molecule has 0 saturated carbocycles. The molecule has 5 nitrogen and oxygen atoms in total. The molecule has 0 radical (unpaired) electrons. The second kappa shape index (κ2) is 13.0. The molecule has 1 N–H and O–H groups in total. The number of rotatable bonds is 2. The van der Waals surface area contributed by atoms with Gasteiger partial charge >= 0.3 is 37.7 Å². The van der Waals surface area contributed by atoms with Crippen LogP contribution in [0.3, 0.4) is 0 Å². The molecule has 7 heteroatoms. The number of phenolic OH excluding ortho intramolecular Hbond substituents is 1. The van der Waals surface area contributed by atoms with E-state index in [1.165, 1.54) is 0 Å². The Hall–Kier alpha value is -1.11. The number of hydrogen-bond acceptors (Lipinski definition) is 5. The van der Waals surface area contributed by atoms with Crippen molar-refractivity contribution in [2.75, 3.05) is 0 Å². The third-order valence-corrected chi connectivity index (χ3v) is 1.11. The summed E-state index contributed by atoms with van der Waals surface area (Å²) in [5.41, 5.74) is 0. The molecule has 0 heterocycles. The number of carbonyl (C=O) groups excluding carboxylic acids is 2. The molecule has 0 aromatic heterocycles. The number of carboxylic acid groups (broad SMARTS) is 2. The first-order valence-electron chi connectivity index (χ1n) is 3.86. The van der Waals surface area contributed by atoms with Gasteiger partial charge in [-0.2, -0.15) is 0 Å². The van der Waals surface area contributed by atoms with Crippen molar-refractivity contribution in [2.24, 2.45) is 0 Å². The molecule has 1 aromatic carbocycles.